The SMILES string of the molecule is O=[N+]([O-])c1cccnc1Nc1ccc(N2CCCS2(=O)=O)cc1. The molecular formula is C14H14N4O4S. The third-order valence-corrected chi connectivity index (χ3v) is 5.37. The van der Waals surface area contributed by atoms with Crippen LogP contribution in [0.1, 0.15) is 6.42 Å². The van der Waals surface area contributed by atoms with Gasteiger partial charge in [-0.1, -0.05) is 0 Å². The fourth-order valence-electron chi connectivity index (χ4n) is 2.42. The van der Waals surface area contributed by atoms with Crippen molar-refractivity contribution < 1.29 is 13.3 Å². The molecule has 1 saturated heterocycles. The van der Waals surface area contributed by atoms with Crippen molar-refractivity contribution in [2.45, 2.75) is 6.42 Å². The molecule has 0 amide bonds. The highest BCUT2D eigenvalue weighted by Crippen LogP contribution is 2.28. The molecule has 1 N–H and O–H groups in total. The third kappa shape index (κ3) is 3.09. The number of anilines is 3. The highest BCUT2D eigenvalue weighted by atomic mass is 32.2. The summed E-state index contributed by atoms with van der Waals surface area (Å²) in [4.78, 5) is 14.4. The average Bonchev–Trinajstić information content (AvgIpc) is 2.88. The average molecular weight is 334 g/mol. The molecule has 0 spiro atoms. The van der Waals surface area contributed by atoms with E-state index in [9.17, 15) is 18.5 Å². The molecule has 120 valence electrons. The van der Waals surface area contributed by atoms with Crippen LogP contribution in [0.4, 0.5) is 22.9 Å². The van der Waals surface area contributed by atoms with E-state index in [-0.39, 0.29) is 17.3 Å². The Labute approximate surface area is 133 Å². The van der Waals surface area contributed by atoms with E-state index < -0.39 is 14.9 Å². The van der Waals surface area contributed by atoms with Gasteiger partial charge >= 0.3 is 5.69 Å². The molecule has 0 unspecified atom stereocenters. The fourth-order valence-corrected chi connectivity index (χ4v) is 3.98. The van der Waals surface area contributed by atoms with Crippen molar-refractivity contribution in [1.82, 2.24) is 4.98 Å². The van der Waals surface area contributed by atoms with Crippen molar-refractivity contribution in [2.75, 3.05) is 21.9 Å². The zero-order valence-corrected chi connectivity index (χ0v) is 12.9. The van der Waals surface area contributed by atoms with E-state index in [1.165, 1.54) is 22.6 Å². The first-order valence-electron chi connectivity index (χ1n) is 6.94. The number of hydrogen-bond acceptors (Lipinski definition) is 6. The van der Waals surface area contributed by atoms with Crippen molar-refractivity contribution in [3.8, 4) is 0 Å². The van der Waals surface area contributed by atoms with Crippen LogP contribution in [0.3, 0.4) is 0 Å². The van der Waals surface area contributed by atoms with E-state index in [4.69, 9.17) is 0 Å². The zero-order valence-electron chi connectivity index (χ0n) is 12.0. The Balaban J connectivity index is 1.83. The van der Waals surface area contributed by atoms with Crippen LogP contribution in [-0.2, 0) is 10.0 Å². The highest BCUT2D eigenvalue weighted by Gasteiger charge is 2.28. The van der Waals surface area contributed by atoms with Crippen molar-refractivity contribution >= 4 is 32.9 Å². The zero-order chi connectivity index (χ0) is 16.4. The van der Waals surface area contributed by atoms with Gasteiger partial charge in [-0.2, -0.15) is 0 Å². The van der Waals surface area contributed by atoms with Crippen LogP contribution in [-0.4, -0.2) is 30.6 Å². The summed E-state index contributed by atoms with van der Waals surface area (Å²) in [5.41, 5.74) is 1.05. The van der Waals surface area contributed by atoms with Crippen LogP contribution in [0, 0.1) is 10.1 Å². The van der Waals surface area contributed by atoms with Crippen LogP contribution >= 0.6 is 0 Å². The standard InChI is InChI=1S/C14H14N4O4S/c19-18(20)13-3-1-8-15-14(13)16-11-4-6-12(7-5-11)17-9-2-10-23(17,21)22/h1,3-8H,2,9-10H2,(H,15,16). The number of pyridine rings is 1. The molecule has 0 radical (unpaired) electrons. The van der Waals surface area contributed by atoms with Crippen LogP contribution in [0.15, 0.2) is 42.6 Å². The molecule has 0 atom stereocenters. The number of benzene rings is 1. The number of hydrogen-bond donors (Lipinski definition) is 1. The number of nitrogens with one attached hydrogen (secondary N) is 1. The monoisotopic (exact) mass is 334 g/mol. The van der Waals surface area contributed by atoms with Crippen molar-refractivity contribution in [3.63, 3.8) is 0 Å². The van der Waals surface area contributed by atoms with Gasteiger partial charge in [0.25, 0.3) is 0 Å². The van der Waals surface area contributed by atoms with Crippen molar-refractivity contribution in [1.29, 1.82) is 0 Å². The van der Waals surface area contributed by atoms with Gasteiger partial charge in [-0.15, -0.1) is 0 Å². The number of nitro groups is 1. The van der Waals surface area contributed by atoms with E-state index in [1.54, 1.807) is 24.3 Å². The predicted octanol–water partition coefficient (Wildman–Crippen LogP) is 2.27. The topological polar surface area (TPSA) is 105 Å². The number of sulfonamides is 1. The molecule has 0 bridgehead atoms. The summed E-state index contributed by atoms with van der Waals surface area (Å²) >= 11 is 0. The first-order chi connectivity index (χ1) is 11.0. The summed E-state index contributed by atoms with van der Waals surface area (Å²) in [5.74, 6) is 0.298. The number of nitrogens with zero attached hydrogens (tertiary/aromatic N) is 3. The third-order valence-electron chi connectivity index (χ3n) is 3.50. The summed E-state index contributed by atoms with van der Waals surface area (Å²) in [6.07, 6.45) is 2.07. The summed E-state index contributed by atoms with van der Waals surface area (Å²) in [5, 5.41) is 13.8. The van der Waals surface area contributed by atoms with E-state index in [2.05, 4.69) is 10.3 Å². The van der Waals surface area contributed by atoms with Gasteiger partial charge in [-0.05, 0) is 36.8 Å². The fraction of sp³-hybridized carbons (Fsp3) is 0.214. The lowest BCUT2D eigenvalue weighted by Gasteiger charge is -2.17. The normalized spacial score (nSPS) is 16.3. The van der Waals surface area contributed by atoms with Gasteiger partial charge in [0.2, 0.25) is 15.8 Å². The minimum Gasteiger partial charge on any atom is -0.334 e. The summed E-state index contributed by atoms with van der Waals surface area (Å²) in [7, 11) is -3.22. The first-order valence-corrected chi connectivity index (χ1v) is 8.55. The van der Waals surface area contributed by atoms with Gasteiger partial charge in [-0.3, -0.25) is 14.4 Å². The minimum atomic E-state index is -3.22. The molecule has 1 fully saturated rings. The molecule has 3 rings (SSSR count). The molecule has 2 aromatic rings. The minimum absolute atomic E-state index is 0.126. The van der Waals surface area contributed by atoms with Gasteiger partial charge in [0.05, 0.1) is 16.4 Å². The molecule has 0 saturated carbocycles. The second-order valence-electron chi connectivity index (χ2n) is 5.04. The summed E-state index contributed by atoms with van der Waals surface area (Å²) in [6, 6.07) is 9.52. The first kappa shape index (κ1) is 15.2. The van der Waals surface area contributed by atoms with Crippen LogP contribution in [0.2, 0.25) is 0 Å². The molecule has 1 aliphatic rings. The van der Waals surface area contributed by atoms with Gasteiger partial charge in [0, 0.05) is 24.5 Å². The van der Waals surface area contributed by atoms with Gasteiger partial charge in [0.15, 0.2) is 0 Å². The van der Waals surface area contributed by atoms with Crippen molar-refractivity contribution in [2.24, 2.45) is 0 Å². The van der Waals surface area contributed by atoms with E-state index in [0.29, 0.717) is 24.3 Å². The Morgan fingerprint density at radius 3 is 2.57 bits per heavy atom. The Kier molecular flexibility index (Phi) is 3.87. The maximum atomic E-state index is 11.9. The van der Waals surface area contributed by atoms with Gasteiger partial charge in [-0.25, -0.2) is 13.4 Å². The molecule has 2 heterocycles. The lowest BCUT2D eigenvalue weighted by molar-refractivity contribution is -0.384. The Morgan fingerprint density at radius 2 is 1.96 bits per heavy atom. The van der Waals surface area contributed by atoms with Crippen molar-refractivity contribution in [3.05, 3.63) is 52.7 Å². The van der Waals surface area contributed by atoms with Gasteiger partial charge < -0.3 is 5.32 Å². The maximum absolute atomic E-state index is 11.9. The molecule has 1 aromatic heterocycles. The van der Waals surface area contributed by atoms with E-state index in [0.717, 1.165) is 0 Å². The number of aromatic nitrogens is 1. The lowest BCUT2D eigenvalue weighted by Crippen LogP contribution is -2.24. The van der Waals surface area contributed by atoms with E-state index in [1.807, 2.05) is 0 Å². The predicted molar refractivity (Wildman–Crippen MR) is 86.4 cm³/mol. The molecule has 9 heteroatoms. The van der Waals surface area contributed by atoms with Crippen LogP contribution < -0.4 is 9.62 Å². The number of rotatable bonds is 4. The molecule has 1 aliphatic heterocycles. The maximum Gasteiger partial charge on any atom is 0.311 e. The smallest absolute Gasteiger partial charge is 0.311 e. The molecular weight excluding hydrogens is 320 g/mol. The van der Waals surface area contributed by atoms with Crippen LogP contribution in [0.25, 0.3) is 0 Å². The largest absolute Gasteiger partial charge is 0.334 e. The van der Waals surface area contributed by atoms with Gasteiger partial charge in [0.1, 0.15) is 0 Å². The Bertz CT molecular complexity index is 836. The lowest BCUT2D eigenvalue weighted by atomic mass is 10.2. The quantitative estimate of drug-likeness (QED) is 0.679. The molecule has 23 heavy (non-hydrogen) atoms. The summed E-state index contributed by atoms with van der Waals surface area (Å²) < 4.78 is 25.1. The molecule has 1 aromatic carbocycles. The second kappa shape index (κ2) is 5.84. The highest BCUT2D eigenvalue weighted by molar-refractivity contribution is 7.93. The van der Waals surface area contributed by atoms with Crippen LogP contribution in [0.5, 0.6) is 0 Å². The second-order valence-corrected chi connectivity index (χ2v) is 7.05. The molecule has 0 aliphatic carbocycles. The Hall–Kier alpha value is -2.68. The Morgan fingerprint density at radius 1 is 1.22 bits per heavy atom. The summed E-state index contributed by atoms with van der Waals surface area (Å²) in [6.45, 7) is 0.473. The molecule has 8 nitrogen and oxygen atoms in total. The van der Waals surface area contributed by atoms with E-state index >= 15 is 0 Å².